The van der Waals surface area contributed by atoms with Crippen LogP contribution in [0, 0.1) is 5.92 Å². The maximum Gasteiger partial charge on any atom is 0.241 e. The van der Waals surface area contributed by atoms with E-state index in [2.05, 4.69) is 35.1 Å². The summed E-state index contributed by atoms with van der Waals surface area (Å²) in [5.74, 6) is -0.181. The van der Waals surface area contributed by atoms with Crippen LogP contribution in [0.15, 0.2) is 11.4 Å². The van der Waals surface area contributed by atoms with Crippen LogP contribution < -0.4 is 4.90 Å². The number of carbonyl (C=O) groups is 2. The van der Waals surface area contributed by atoms with E-state index in [1.807, 2.05) is 12.5 Å². The van der Waals surface area contributed by atoms with Crippen LogP contribution in [0.3, 0.4) is 0 Å². The van der Waals surface area contributed by atoms with Gasteiger partial charge in [-0.05, 0) is 41.3 Å². The van der Waals surface area contributed by atoms with Crippen molar-refractivity contribution in [2.24, 2.45) is 5.92 Å². The maximum atomic E-state index is 13.4. The largest absolute Gasteiger partial charge is 0.327 e. The van der Waals surface area contributed by atoms with Crippen molar-refractivity contribution in [3.63, 3.8) is 0 Å². The van der Waals surface area contributed by atoms with Crippen LogP contribution >= 0.6 is 21.2 Å². The van der Waals surface area contributed by atoms with Crippen molar-refractivity contribution in [3.05, 3.63) is 11.8 Å². The van der Waals surface area contributed by atoms with Crippen molar-refractivity contribution in [1.82, 2.24) is 14.6 Å². The molecule has 26 heavy (non-hydrogen) atoms. The number of carbonyl (C=O) groups excluding carboxylic acids is 2. The molecule has 0 saturated carbocycles. The summed E-state index contributed by atoms with van der Waals surface area (Å²) in [6.07, 6.45) is 7.70. The molecule has 0 radical (unpaired) electrons. The van der Waals surface area contributed by atoms with Gasteiger partial charge in [0.15, 0.2) is 5.16 Å². The first kappa shape index (κ1) is 21.1. The predicted octanol–water partition coefficient (Wildman–Crippen LogP) is 3.31. The van der Waals surface area contributed by atoms with Crippen molar-refractivity contribution in [2.45, 2.75) is 64.1 Å². The van der Waals surface area contributed by atoms with E-state index in [1.165, 1.54) is 11.8 Å². The summed E-state index contributed by atoms with van der Waals surface area (Å²) in [4.78, 5) is 36.7. The van der Waals surface area contributed by atoms with E-state index in [1.54, 1.807) is 9.57 Å². The summed E-state index contributed by atoms with van der Waals surface area (Å²) in [7, 11) is 2.42. The Balaban J connectivity index is 2.51. The molecule has 8 heteroatoms. The lowest BCUT2D eigenvalue weighted by Crippen LogP contribution is -2.46. The first-order valence-electron chi connectivity index (χ1n) is 9.27. The number of rotatable bonds is 8. The molecule has 0 bridgehead atoms. The first-order chi connectivity index (χ1) is 12.5. The minimum atomic E-state index is -0.615. The molecular weight excluding hydrogens is 367 g/mol. The molecule has 0 N–H and O–H groups in total. The van der Waals surface area contributed by atoms with Crippen LogP contribution in [0.25, 0.3) is 0 Å². The van der Waals surface area contributed by atoms with Gasteiger partial charge in [-0.3, -0.25) is 14.5 Å². The third kappa shape index (κ3) is 4.37. The molecule has 2 atom stereocenters. The zero-order valence-corrected chi connectivity index (χ0v) is 18.0. The van der Waals surface area contributed by atoms with Crippen molar-refractivity contribution in [2.75, 3.05) is 17.7 Å². The number of nitrogens with zero attached hydrogens (tertiary/aromatic N) is 4. The molecule has 1 fully saturated rings. The molecule has 1 aliphatic heterocycles. The average Bonchev–Trinajstić information content (AvgIpc) is 2.99. The fraction of sp³-hybridized carbons (Fsp3) is 0.667. The second-order valence-electron chi connectivity index (χ2n) is 6.51. The quantitative estimate of drug-likeness (QED) is 0.292. The molecule has 1 saturated heterocycles. The summed E-state index contributed by atoms with van der Waals surface area (Å²) in [6, 6.07) is 0.0223. The van der Waals surface area contributed by atoms with E-state index in [0.717, 1.165) is 31.2 Å². The van der Waals surface area contributed by atoms with Crippen LogP contribution in [0.4, 0.5) is 5.82 Å². The fourth-order valence-electron chi connectivity index (χ4n) is 3.34. The van der Waals surface area contributed by atoms with Gasteiger partial charge in [0.05, 0.1) is 0 Å². The zero-order chi connectivity index (χ0) is 19.3. The molecule has 1 aromatic rings. The molecule has 1 aromatic heterocycles. The number of hydrogen-bond acceptors (Lipinski definition) is 5. The van der Waals surface area contributed by atoms with Crippen molar-refractivity contribution >= 4 is 38.8 Å². The van der Waals surface area contributed by atoms with Gasteiger partial charge in [-0.15, -0.1) is 0 Å². The third-order valence-corrected chi connectivity index (χ3v) is 5.91. The normalized spacial score (nSPS) is 17.2. The lowest BCUT2D eigenvalue weighted by atomic mass is 10.0. The van der Waals surface area contributed by atoms with Gasteiger partial charge in [-0.25, -0.2) is 9.97 Å². The maximum absolute atomic E-state index is 13.4. The highest BCUT2D eigenvalue weighted by Gasteiger charge is 2.40. The minimum absolute atomic E-state index is 0.0223. The summed E-state index contributed by atoms with van der Waals surface area (Å²) in [5, 5.41) is 0.647. The summed E-state index contributed by atoms with van der Waals surface area (Å²) in [6.45, 7) is 6.84. The van der Waals surface area contributed by atoms with E-state index in [-0.39, 0.29) is 17.9 Å². The van der Waals surface area contributed by atoms with Gasteiger partial charge >= 0.3 is 0 Å². The number of hydrogen-bond donors (Lipinski definition) is 0. The Morgan fingerprint density at radius 2 is 2.12 bits per heavy atom. The second kappa shape index (κ2) is 9.65. The Labute approximate surface area is 162 Å². The third-order valence-electron chi connectivity index (χ3n) is 4.83. The molecule has 2 amide bonds. The standard InChI is InChI=1S/C18H29N4O2PS/c1-5-8-12-11-19-18(26-4)20-15(12)22(13(6-2)7-3)17(24)14-9-10-21(25)16(14)23/h11,13-14H,5-10,25H2,1-4H3. The smallest absolute Gasteiger partial charge is 0.241 e. The average molecular weight is 396 g/mol. The molecular formula is C18H29N4O2PS. The van der Waals surface area contributed by atoms with Crippen LogP contribution in [0.5, 0.6) is 0 Å². The highest BCUT2D eigenvalue weighted by molar-refractivity contribution is 7.98. The number of amides is 2. The topological polar surface area (TPSA) is 66.4 Å². The molecule has 2 heterocycles. The molecule has 2 rings (SSSR count). The number of aryl methyl sites for hydroxylation is 1. The summed E-state index contributed by atoms with van der Waals surface area (Å²) in [5.41, 5.74) is 0.971. The van der Waals surface area contributed by atoms with Gasteiger partial charge in [0.1, 0.15) is 11.7 Å². The molecule has 0 spiro atoms. The summed E-state index contributed by atoms with van der Waals surface area (Å²) < 4.78 is 1.56. The van der Waals surface area contributed by atoms with Crippen LogP contribution in [0.2, 0.25) is 0 Å². The Kier molecular flexibility index (Phi) is 7.84. The number of thioether (sulfide) groups is 1. The molecule has 0 aliphatic carbocycles. The minimum Gasteiger partial charge on any atom is -0.327 e. The SMILES string of the molecule is CCCc1cnc(SC)nc1N(C(=O)C1CCN(P)C1=O)C(CC)CC. The molecule has 2 unspecified atom stereocenters. The van der Waals surface area contributed by atoms with E-state index < -0.39 is 5.92 Å². The number of anilines is 1. The van der Waals surface area contributed by atoms with Crippen LogP contribution in [-0.4, -0.2) is 45.3 Å². The monoisotopic (exact) mass is 396 g/mol. The van der Waals surface area contributed by atoms with E-state index in [9.17, 15) is 9.59 Å². The highest BCUT2D eigenvalue weighted by atomic mass is 32.2. The lowest BCUT2D eigenvalue weighted by molar-refractivity contribution is -0.134. The van der Waals surface area contributed by atoms with Gasteiger partial charge in [0, 0.05) is 24.3 Å². The van der Waals surface area contributed by atoms with E-state index in [4.69, 9.17) is 4.98 Å². The van der Waals surface area contributed by atoms with E-state index in [0.29, 0.717) is 23.9 Å². The Hall–Kier alpha value is -1.20. The molecule has 1 aliphatic rings. The van der Waals surface area contributed by atoms with Crippen molar-refractivity contribution in [1.29, 1.82) is 0 Å². The second-order valence-corrected chi connectivity index (χ2v) is 7.90. The van der Waals surface area contributed by atoms with Crippen molar-refractivity contribution < 1.29 is 9.59 Å². The Morgan fingerprint density at radius 1 is 1.42 bits per heavy atom. The highest BCUT2D eigenvalue weighted by Crippen LogP contribution is 2.31. The zero-order valence-electron chi connectivity index (χ0n) is 16.1. The molecule has 144 valence electrons. The Morgan fingerprint density at radius 3 is 2.62 bits per heavy atom. The lowest BCUT2D eigenvalue weighted by Gasteiger charge is -2.32. The van der Waals surface area contributed by atoms with Crippen LogP contribution in [-0.2, 0) is 16.0 Å². The van der Waals surface area contributed by atoms with Gasteiger partial charge in [0.25, 0.3) is 0 Å². The molecule has 0 aromatic carbocycles. The van der Waals surface area contributed by atoms with E-state index >= 15 is 0 Å². The van der Waals surface area contributed by atoms with Gasteiger partial charge in [-0.1, -0.05) is 39.0 Å². The fourth-order valence-corrected chi connectivity index (χ4v) is 4.01. The van der Waals surface area contributed by atoms with Crippen LogP contribution in [0.1, 0.15) is 52.0 Å². The number of aromatic nitrogens is 2. The van der Waals surface area contributed by atoms with Gasteiger partial charge in [0.2, 0.25) is 11.8 Å². The van der Waals surface area contributed by atoms with Gasteiger partial charge < -0.3 is 4.67 Å². The molecule has 6 nitrogen and oxygen atoms in total. The Bertz CT molecular complexity index is 654. The summed E-state index contributed by atoms with van der Waals surface area (Å²) >= 11 is 1.46. The predicted molar refractivity (Wildman–Crippen MR) is 109 cm³/mol. The van der Waals surface area contributed by atoms with Gasteiger partial charge in [-0.2, -0.15) is 0 Å². The van der Waals surface area contributed by atoms with Crippen molar-refractivity contribution in [3.8, 4) is 0 Å². The first-order valence-corrected chi connectivity index (χ1v) is 11.0.